The fourth-order valence-electron chi connectivity index (χ4n) is 1.42. The van der Waals surface area contributed by atoms with Gasteiger partial charge in [-0.3, -0.25) is 0 Å². The van der Waals surface area contributed by atoms with Crippen LogP contribution in [0, 0.1) is 30.0 Å². The summed E-state index contributed by atoms with van der Waals surface area (Å²) < 4.78 is 24.1. The average Bonchev–Trinajstić information content (AvgIpc) is 2.39. The molecule has 98 valence electrons. The zero-order valence-corrected chi connectivity index (χ0v) is 10.4. The SMILES string of the molecule is C#CCOc1c(OC)cc(C(=O)O)c(C#CC)c1F. The zero-order valence-electron chi connectivity index (χ0n) is 10.4. The average molecular weight is 262 g/mol. The third-order valence-electron chi connectivity index (χ3n) is 2.19. The Morgan fingerprint density at radius 1 is 1.58 bits per heavy atom. The molecule has 0 bridgehead atoms. The van der Waals surface area contributed by atoms with E-state index in [4.69, 9.17) is 21.0 Å². The van der Waals surface area contributed by atoms with Gasteiger partial charge in [-0.05, 0) is 13.0 Å². The molecule has 0 fully saturated rings. The van der Waals surface area contributed by atoms with Crippen molar-refractivity contribution in [2.45, 2.75) is 6.92 Å². The van der Waals surface area contributed by atoms with E-state index in [0.29, 0.717) is 0 Å². The Morgan fingerprint density at radius 3 is 2.74 bits per heavy atom. The summed E-state index contributed by atoms with van der Waals surface area (Å²) in [6, 6.07) is 1.15. The summed E-state index contributed by atoms with van der Waals surface area (Å²) in [4.78, 5) is 11.1. The minimum atomic E-state index is -1.31. The molecule has 0 saturated carbocycles. The first kappa shape index (κ1) is 14.4. The van der Waals surface area contributed by atoms with Gasteiger partial charge in [-0.15, -0.1) is 12.3 Å². The minimum absolute atomic E-state index is 0.0493. The van der Waals surface area contributed by atoms with Crippen molar-refractivity contribution in [2.24, 2.45) is 0 Å². The second-order valence-corrected chi connectivity index (χ2v) is 3.32. The Kier molecular flexibility index (Phi) is 4.79. The molecule has 19 heavy (non-hydrogen) atoms. The predicted molar refractivity (Wildman–Crippen MR) is 66.8 cm³/mol. The zero-order chi connectivity index (χ0) is 14.4. The van der Waals surface area contributed by atoms with Gasteiger partial charge in [0.15, 0.2) is 17.3 Å². The van der Waals surface area contributed by atoms with Crippen LogP contribution in [0.25, 0.3) is 0 Å². The van der Waals surface area contributed by atoms with Crippen LogP contribution in [0.5, 0.6) is 11.5 Å². The van der Waals surface area contributed by atoms with E-state index in [1.54, 1.807) is 0 Å². The first-order valence-electron chi connectivity index (χ1n) is 5.19. The first-order valence-corrected chi connectivity index (χ1v) is 5.19. The van der Waals surface area contributed by atoms with Crippen molar-refractivity contribution in [3.8, 4) is 35.7 Å². The molecule has 0 atom stereocenters. The number of halogens is 1. The van der Waals surface area contributed by atoms with Crippen LogP contribution in [-0.4, -0.2) is 24.8 Å². The smallest absolute Gasteiger partial charge is 0.337 e. The lowest BCUT2D eigenvalue weighted by atomic mass is 10.1. The third-order valence-corrected chi connectivity index (χ3v) is 2.19. The highest BCUT2D eigenvalue weighted by atomic mass is 19.1. The van der Waals surface area contributed by atoms with E-state index < -0.39 is 11.8 Å². The van der Waals surface area contributed by atoms with Gasteiger partial charge in [0.2, 0.25) is 0 Å². The fraction of sp³-hybridized carbons (Fsp3) is 0.214. The quantitative estimate of drug-likeness (QED) is 0.842. The monoisotopic (exact) mass is 262 g/mol. The van der Waals surface area contributed by atoms with E-state index in [9.17, 15) is 9.18 Å². The number of benzene rings is 1. The van der Waals surface area contributed by atoms with Crippen LogP contribution < -0.4 is 9.47 Å². The van der Waals surface area contributed by atoms with E-state index >= 15 is 0 Å². The Bertz CT molecular complexity index is 603. The van der Waals surface area contributed by atoms with Crippen molar-refractivity contribution in [3.63, 3.8) is 0 Å². The Morgan fingerprint density at radius 2 is 2.26 bits per heavy atom. The number of terminal acetylenes is 1. The van der Waals surface area contributed by atoms with Crippen molar-refractivity contribution < 1.29 is 23.8 Å². The first-order chi connectivity index (χ1) is 9.06. The summed E-state index contributed by atoms with van der Waals surface area (Å²) in [5, 5.41) is 9.04. The molecule has 0 radical (unpaired) electrons. The molecule has 4 nitrogen and oxygen atoms in total. The van der Waals surface area contributed by atoms with Crippen molar-refractivity contribution in [1.82, 2.24) is 0 Å². The highest BCUT2D eigenvalue weighted by molar-refractivity contribution is 5.92. The standard InChI is InChI=1S/C14H11FO4/c1-4-6-9-10(14(16)17)8-11(18-3)13(12(9)15)19-7-5-2/h2,8H,7H2,1,3H3,(H,16,17). The predicted octanol–water partition coefficient (Wildman–Crippen LogP) is 1.92. The van der Waals surface area contributed by atoms with Crippen LogP contribution in [0.15, 0.2) is 6.07 Å². The number of hydrogen-bond donors (Lipinski definition) is 1. The molecule has 5 heteroatoms. The number of hydrogen-bond acceptors (Lipinski definition) is 3. The lowest BCUT2D eigenvalue weighted by Gasteiger charge is -2.12. The molecular formula is C14H11FO4. The summed E-state index contributed by atoms with van der Waals surface area (Å²) in [6.07, 6.45) is 5.03. The van der Waals surface area contributed by atoms with Crippen LogP contribution >= 0.6 is 0 Å². The van der Waals surface area contributed by atoms with E-state index in [-0.39, 0.29) is 29.2 Å². The van der Waals surface area contributed by atoms with Gasteiger partial charge >= 0.3 is 5.97 Å². The van der Waals surface area contributed by atoms with Crippen molar-refractivity contribution in [1.29, 1.82) is 0 Å². The normalized spacial score (nSPS) is 8.95. The summed E-state index contributed by atoms with van der Waals surface area (Å²) >= 11 is 0. The van der Waals surface area contributed by atoms with E-state index in [2.05, 4.69) is 17.8 Å². The molecule has 1 aromatic rings. The van der Waals surface area contributed by atoms with Crippen LogP contribution in [0.2, 0.25) is 0 Å². The second kappa shape index (κ2) is 6.32. The second-order valence-electron chi connectivity index (χ2n) is 3.32. The van der Waals surface area contributed by atoms with E-state index in [1.807, 2.05) is 0 Å². The van der Waals surface area contributed by atoms with Gasteiger partial charge in [-0.1, -0.05) is 11.8 Å². The highest BCUT2D eigenvalue weighted by Crippen LogP contribution is 2.34. The van der Waals surface area contributed by atoms with Crippen LogP contribution in [0.4, 0.5) is 4.39 Å². The molecule has 0 amide bonds. The van der Waals surface area contributed by atoms with Gasteiger partial charge < -0.3 is 14.6 Å². The number of carbonyl (C=O) groups is 1. The van der Waals surface area contributed by atoms with E-state index in [1.165, 1.54) is 14.0 Å². The number of carboxylic acid groups (broad SMARTS) is 1. The summed E-state index contributed by atoms with van der Waals surface area (Å²) in [5.41, 5.74) is -0.556. The maximum absolute atomic E-state index is 14.2. The van der Waals surface area contributed by atoms with Crippen molar-refractivity contribution in [2.75, 3.05) is 13.7 Å². The Hall–Kier alpha value is -2.66. The van der Waals surface area contributed by atoms with Gasteiger partial charge in [0.25, 0.3) is 0 Å². The van der Waals surface area contributed by atoms with Crippen LogP contribution in [0.1, 0.15) is 22.8 Å². The lowest BCUT2D eigenvalue weighted by molar-refractivity contribution is 0.0695. The molecule has 1 rings (SSSR count). The lowest BCUT2D eigenvalue weighted by Crippen LogP contribution is -2.07. The minimum Gasteiger partial charge on any atom is -0.493 e. The van der Waals surface area contributed by atoms with Crippen molar-refractivity contribution in [3.05, 3.63) is 23.0 Å². The molecule has 1 N–H and O–H groups in total. The van der Waals surface area contributed by atoms with E-state index in [0.717, 1.165) is 6.07 Å². The highest BCUT2D eigenvalue weighted by Gasteiger charge is 2.22. The van der Waals surface area contributed by atoms with Crippen LogP contribution in [0.3, 0.4) is 0 Å². The summed E-state index contributed by atoms with van der Waals surface area (Å²) in [5.74, 6) is 4.53. The molecule has 1 aromatic carbocycles. The number of methoxy groups -OCH3 is 1. The number of aromatic carboxylic acids is 1. The number of ether oxygens (including phenoxy) is 2. The largest absolute Gasteiger partial charge is 0.493 e. The molecule has 0 spiro atoms. The number of rotatable bonds is 4. The molecule has 0 aromatic heterocycles. The van der Waals surface area contributed by atoms with Crippen molar-refractivity contribution >= 4 is 5.97 Å². The summed E-state index contributed by atoms with van der Waals surface area (Å²) in [6.45, 7) is 1.30. The van der Waals surface area contributed by atoms with Gasteiger partial charge in [-0.2, -0.15) is 0 Å². The maximum atomic E-state index is 14.2. The molecular weight excluding hydrogens is 251 g/mol. The van der Waals surface area contributed by atoms with Gasteiger partial charge in [0, 0.05) is 0 Å². The van der Waals surface area contributed by atoms with Gasteiger partial charge in [0.05, 0.1) is 18.2 Å². The maximum Gasteiger partial charge on any atom is 0.337 e. The number of carboxylic acids is 1. The third kappa shape index (κ3) is 2.97. The topological polar surface area (TPSA) is 55.8 Å². The Balaban J connectivity index is 3.55. The summed E-state index contributed by atoms with van der Waals surface area (Å²) in [7, 11) is 1.27. The molecule has 0 aliphatic rings. The molecule has 0 aliphatic carbocycles. The molecule has 0 unspecified atom stereocenters. The van der Waals surface area contributed by atoms with Gasteiger partial charge in [0.1, 0.15) is 6.61 Å². The van der Waals surface area contributed by atoms with Gasteiger partial charge in [-0.25, -0.2) is 9.18 Å². The van der Waals surface area contributed by atoms with Crippen LogP contribution in [-0.2, 0) is 0 Å². The molecule has 0 saturated heterocycles. The molecule has 0 aliphatic heterocycles. The fourth-order valence-corrected chi connectivity index (χ4v) is 1.42. The Labute approximate surface area is 110 Å². The molecule has 0 heterocycles.